The summed E-state index contributed by atoms with van der Waals surface area (Å²) in [7, 11) is 0. The Kier molecular flexibility index (Phi) is 3.74. The fraction of sp³-hybridized carbons (Fsp3) is 0.278. The van der Waals surface area contributed by atoms with Crippen molar-refractivity contribution in [1.82, 2.24) is 20.1 Å². The van der Waals surface area contributed by atoms with Crippen molar-refractivity contribution in [3.8, 4) is 11.5 Å². The second-order valence-electron chi connectivity index (χ2n) is 6.05. The first kappa shape index (κ1) is 14.8. The number of nitrogens with zero attached hydrogens (tertiary/aromatic N) is 3. The second kappa shape index (κ2) is 6.05. The Bertz CT molecular complexity index is 925. The number of aromatic nitrogens is 3. The maximum absolute atomic E-state index is 12.5. The third-order valence-electron chi connectivity index (χ3n) is 4.26. The third kappa shape index (κ3) is 2.76. The van der Waals surface area contributed by atoms with Gasteiger partial charge in [-0.05, 0) is 37.6 Å². The van der Waals surface area contributed by atoms with Crippen LogP contribution in [0.2, 0.25) is 0 Å². The first-order chi connectivity index (χ1) is 11.7. The Morgan fingerprint density at radius 2 is 2.12 bits per heavy atom. The van der Waals surface area contributed by atoms with Gasteiger partial charge in [-0.3, -0.25) is 4.79 Å². The molecule has 1 aromatic carbocycles. The molecule has 2 aromatic heterocycles. The van der Waals surface area contributed by atoms with Crippen molar-refractivity contribution >= 4 is 0 Å². The van der Waals surface area contributed by atoms with Crippen molar-refractivity contribution in [3.63, 3.8) is 0 Å². The smallest absolute Gasteiger partial charge is 0.270 e. The zero-order valence-corrected chi connectivity index (χ0v) is 13.5. The molecule has 3 heterocycles. The molecule has 0 fully saturated rings. The summed E-state index contributed by atoms with van der Waals surface area (Å²) in [4.78, 5) is 17.0. The zero-order chi connectivity index (χ0) is 16.5. The number of oxazole rings is 1. The van der Waals surface area contributed by atoms with Crippen LogP contribution in [0, 0.1) is 6.92 Å². The van der Waals surface area contributed by atoms with E-state index in [1.807, 2.05) is 31.2 Å². The lowest BCUT2D eigenvalue weighted by Crippen LogP contribution is -2.34. The van der Waals surface area contributed by atoms with Crippen molar-refractivity contribution in [1.29, 1.82) is 0 Å². The Labute approximate surface area is 139 Å². The third-order valence-corrected chi connectivity index (χ3v) is 4.26. The number of rotatable bonds is 3. The second-order valence-corrected chi connectivity index (χ2v) is 6.05. The number of benzene rings is 1. The molecule has 0 unspecified atom stereocenters. The highest BCUT2D eigenvalue weighted by Gasteiger charge is 2.16. The predicted molar refractivity (Wildman–Crippen MR) is 89.7 cm³/mol. The van der Waals surface area contributed by atoms with E-state index in [0.717, 1.165) is 29.7 Å². The van der Waals surface area contributed by atoms with Crippen LogP contribution in [-0.2, 0) is 19.5 Å². The monoisotopic (exact) mass is 322 g/mol. The molecule has 3 aromatic rings. The fourth-order valence-electron chi connectivity index (χ4n) is 2.89. The number of nitrogens with one attached hydrogen (secondary N) is 1. The highest BCUT2D eigenvalue weighted by molar-refractivity contribution is 5.53. The molecular weight excluding hydrogens is 304 g/mol. The molecule has 0 aliphatic carbocycles. The van der Waals surface area contributed by atoms with Crippen LogP contribution in [-0.4, -0.2) is 21.3 Å². The number of aryl methyl sites for hydroxylation is 1. The summed E-state index contributed by atoms with van der Waals surface area (Å²) in [6.07, 6.45) is 4.10. The van der Waals surface area contributed by atoms with E-state index in [1.54, 1.807) is 12.5 Å². The molecule has 4 rings (SSSR count). The van der Waals surface area contributed by atoms with Gasteiger partial charge in [0.05, 0.1) is 12.7 Å². The SMILES string of the molecule is Cc1ccc(-c2nc(Cn3ncc4c(c3=O)CCNC4)co2)cc1. The van der Waals surface area contributed by atoms with Crippen molar-refractivity contribution in [2.45, 2.75) is 26.4 Å². The van der Waals surface area contributed by atoms with E-state index in [1.165, 1.54) is 10.2 Å². The van der Waals surface area contributed by atoms with Gasteiger partial charge in [0.25, 0.3) is 5.56 Å². The number of hydrogen-bond donors (Lipinski definition) is 1. The van der Waals surface area contributed by atoms with Gasteiger partial charge in [0.15, 0.2) is 0 Å². The first-order valence-electron chi connectivity index (χ1n) is 8.01. The van der Waals surface area contributed by atoms with Crippen molar-refractivity contribution in [2.24, 2.45) is 0 Å². The van der Waals surface area contributed by atoms with Gasteiger partial charge in [0, 0.05) is 17.7 Å². The molecule has 24 heavy (non-hydrogen) atoms. The van der Waals surface area contributed by atoms with E-state index in [-0.39, 0.29) is 5.56 Å². The summed E-state index contributed by atoms with van der Waals surface area (Å²) >= 11 is 0. The predicted octanol–water partition coefficient (Wildman–Crippen LogP) is 1.90. The van der Waals surface area contributed by atoms with Crippen LogP contribution in [0.1, 0.15) is 22.4 Å². The number of fused-ring (bicyclic) bond motifs is 1. The van der Waals surface area contributed by atoms with E-state index in [9.17, 15) is 4.79 Å². The van der Waals surface area contributed by atoms with Crippen LogP contribution in [0.3, 0.4) is 0 Å². The van der Waals surface area contributed by atoms with Gasteiger partial charge in [-0.15, -0.1) is 0 Å². The lowest BCUT2D eigenvalue weighted by molar-refractivity contribution is 0.559. The quantitative estimate of drug-likeness (QED) is 0.797. The molecular formula is C18H18N4O2. The van der Waals surface area contributed by atoms with E-state index in [4.69, 9.17) is 4.42 Å². The van der Waals surface area contributed by atoms with Crippen LogP contribution < -0.4 is 10.9 Å². The molecule has 0 atom stereocenters. The molecule has 0 amide bonds. The standard InChI is InChI=1S/C18H18N4O2/c1-12-2-4-13(5-3-12)17-21-15(11-24-17)10-22-18(23)16-6-7-19-8-14(16)9-20-22/h2-5,9,11,19H,6-8,10H2,1H3. The van der Waals surface area contributed by atoms with Gasteiger partial charge < -0.3 is 9.73 Å². The molecule has 1 N–H and O–H groups in total. The van der Waals surface area contributed by atoms with Crippen molar-refractivity contribution in [2.75, 3.05) is 6.54 Å². The molecule has 1 aliphatic rings. The molecule has 6 heteroatoms. The van der Waals surface area contributed by atoms with Gasteiger partial charge in [0.2, 0.25) is 5.89 Å². The highest BCUT2D eigenvalue weighted by atomic mass is 16.3. The Hall–Kier alpha value is -2.73. The average Bonchev–Trinajstić information content (AvgIpc) is 3.07. The van der Waals surface area contributed by atoms with Crippen LogP contribution >= 0.6 is 0 Å². The Morgan fingerprint density at radius 3 is 2.96 bits per heavy atom. The zero-order valence-electron chi connectivity index (χ0n) is 13.5. The Morgan fingerprint density at radius 1 is 1.29 bits per heavy atom. The van der Waals surface area contributed by atoms with E-state index in [2.05, 4.69) is 15.4 Å². The highest BCUT2D eigenvalue weighted by Crippen LogP contribution is 2.19. The van der Waals surface area contributed by atoms with Crippen LogP contribution in [0.5, 0.6) is 0 Å². The van der Waals surface area contributed by atoms with Gasteiger partial charge in [0.1, 0.15) is 12.0 Å². The van der Waals surface area contributed by atoms with E-state index < -0.39 is 0 Å². The average molecular weight is 322 g/mol. The molecule has 0 saturated heterocycles. The largest absolute Gasteiger partial charge is 0.444 e. The summed E-state index contributed by atoms with van der Waals surface area (Å²) in [6.45, 7) is 3.89. The summed E-state index contributed by atoms with van der Waals surface area (Å²) in [5, 5.41) is 7.51. The molecule has 0 bridgehead atoms. The normalized spacial score (nSPS) is 13.7. The van der Waals surface area contributed by atoms with Gasteiger partial charge in [-0.25, -0.2) is 9.67 Å². The van der Waals surface area contributed by atoms with Gasteiger partial charge in [-0.1, -0.05) is 17.7 Å². The summed E-state index contributed by atoms with van der Waals surface area (Å²) in [5.41, 5.74) is 4.60. The first-order valence-corrected chi connectivity index (χ1v) is 8.01. The minimum Gasteiger partial charge on any atom is -0.444 e. The maximum atomic E-state index is 12.5. The Balaban J connectivity index is 1.60. The van der Waals surface area contributed by atoms with Crippen molar-refractivity contribution in [3.05, 3.63) is 69.5 Å². The summed E-state index contributed by atoms with van der Waals surface area (Å²) in [5.74, 6) is 0.556. The van der Waals surface area contributed by atoms with Crippen molar-refractivity contribution < 1.29 is 4.42 Å². The summed E-state index contributed by atoms with van der Waals surface area (Å²) in [6, 6.07) is 7.98. The van der Waals surface area contributed by atoms with Crippen LogP contribution in [0.25, 0.3) is 11.5 Å². The molecule has 122 valence electrons. The minimum absolute atomic E-state index is 0.0334. The fourth-order valence-corrected chi connectivity index (χ4v) is 2.89. The molecule has 0 saturated carbocycles. The minimum atomic E-state index is -0.0334. The number of hydrogen-bond acceptors (Lipinski definition) is 5. The maximum Gasteiger partial charge on any atom is 0.270 e. The topological polar surface area (TPSA) is 73.0 Å². The van der Waals surface area contributed by atoms with Crippen LogP contribution in [0.4, 0.5) is 0 Å². The molecule has 0 radical (unpaired) electrons. The molecule has 6 nitrogen and oxygen atoms in total. The lowest BCUT2D eigenvalue weighted by atomic mass is 10.1. The molecule has 1 aliphatic heterocycles. The van der Waals surface area contributed by atoms with E-state index >= 15 is 0 Å². The lowest BCUT2D eigenvalue weighted by Gasteiger charge is -2.16. The van der Waals surface area contributed by atoms with E-state index in [0.29, 0.717) is 24.7 Å². The summed E-state index contributed by atoms with van der Waals surface area (Å²) < 4.78 is 7.01. The van der Waals surface area contributed by atoms with Crippen LogP contribution in [0.15, 0.2) is 45.9 Å². The molecule has 0 spiro atoms. The van der Waals surface area contributed by atoms with Gasteiger partial charge >= 0.3 is 0 Å². The van der Waals surface area contributed by atoms with Gasteiger partial charge in [-0.2, -0.15) is 5.10 Å².